The average molecular weight is 354 g/mol. The first-order valence-electron chi connectivity index (χ1n) is 7.30. The lowest BCUT2D eigenvalue weighted by molar-refractivity contribution is -0.123. The molecule has 0 aliphatic rings. The molecule has 24 heavy (non-hydrogen) atoms. The van der Waals surface area contributed by atoms with Crippen molar-refractivity contribution in [1.29, 1.82) is 0 Å². The second-order valence-corrected chi connectivity index (χ2v) is 5.82. The molecule has 0 aliphatic heterocycles. The summed E-state index contributed by atoms with van der Waals surface area (Å²) >= 11 is 5.81. The highest BCUT2D eigenvalue weighted by Crippen LogP contribution is 2.19. The summed E-state index contributed by atoms with van der Waals surface area (Å²) in [5.41, 5.74) is -0.00932. The van der Waals surface area contributed by atoms with Gasteiger partial charge in [0, 0.05) is 12.1 Å². The van der Waals surface area contributed by atoms with Crippen molar-refractivity contribution in [3.63, 3.8) is 0 Å². The summed E-state index contributed by atoms with van der Waals surface area (Å²) in [5.74, 6) is -1.38. The number of esters is 1. The van der Waals surface area contributed by atoms with Gasteiger partial charge in [-0.1, -0.05) is 11.6 Å². The molecule has 1 amide bonds. The van der Waals surface area contributed by atoms with Crippen LogP contribution in [-0.4, -0.2) is 27.8 Å². The number of amides is 1. The minimum absolute atomic E-state index is 0.00932. The molecule has 0 spiro atoms. The Balaban J connectivity index is 2.03. The third-order valence-electron chi connectivity index (χ3n) is 3.21. The number of anilines is 1. The molecule has 0 fully saturated rings. The summed E-state index contributed by atoms with van der Waals surface area (Å²) in [6.45, 7) is 5.27. The van der Waals surface area contributed by atoms with E-state index in [1.54, 1.807) is 16.9 Å². The standard InChI is InChI=1S/C16H17ClFN3O3/c1-9(2)21-14(6-7-19-21)20-15(22)10(3)24-16(23)12-5-4-11(18)8-13(12)17/h4-10H,1-3H3,(H,20,22)/t10-/m1/s1. The van der Waals surface area contributed by atoms with Crippen LogP contribution in [0, 0.1) is 5.82 Å². The molecule has 8 heteroatoms. The predicted molar refractivity (Wildman–Crippen MR) is 87.5 cm³/mol. The zero-order valence-electron chi connectivity index (χ0n) is 13.4. The van der Waals surface area contributed by atoms with Crippen molar-refractivity contribution in [2.45, 2.75) is 32.9 Å². The van der Waals surface area contributed by atoms with Crippen LogP contribution < -0.4 is 5.32 Å². The van der Waals surface area contributed by atoms with E-state index in [0.29, 0.717) is 5.82 Å². The SMILES string of the molecule is CC(C)n1nccc1NC(=O)[C@@H](C)OC(=O)c1ccc(F)cc1Cl. The van der Waals surface area contributed by atoms with Crippen LogP contribution >= 0.6 is 11.6 Å². The van der Waals surface area contributed by atoms with Crippen LogP contribution in [0.25, 0.3) is 0 Å². The van der Waals surface area contributed by atoms with Gasteiger partial charge in [-0.15, -0.1) is 0 Å². The van der Waals surface area contributed by atoms with Gasteiger partial charge in [0.05, 0.1) is 16.8 Å². The van der Waals surface area contributed by atoms with Crippen molar-refractivity contribution in [1.82, 2.24) is 9.78 Å². The maximum atomic E-state index is 13.0. The monoisotopic (exact) mass is 353 g/mol. The van der Waals surface area contributed by atoms with E-state index in [9.17, 15) is 14.0 Å². The Hall–Kier alpha value is -2.41. The molecule has 0 unspecified atom stereocenters. The molecule has 0 radical (unpaired) electrons. The average Bonchev–Trinajstić information content (AvgIpc) is 2.95. The normalized spacial score (nSPS) is 12.1. The molecule has 0 saturated heterocycles. The summed E-state index contributed by atoms with van der Waals surface area (Å²) in [7, 11) is 0. The molecule has 2 rings (SSSR count). The summed E-state index contributed by atoms with van der Waals surface area (Å²) in [5, 5.41) is 6.66. The van der Waals surface area contributed by atoms with Crippen LogP contribution in [0.5, 0.6) is 0 Å². The summed E-state index contributed by atoms with van der Waals surface area (Å²) in [6.07, 6.45) is 0.499. The van der Waals surface area contributed by atoms with E-state index in [4.69, 9.17) is 16.3 Å². The van der Waals surface area contributed by atoms with E-state index >= 15 is 0 Å². The molecule has 1 aromatic carbocycles. The summed E-state index contributed by atoms with van der Waals surface area (Å²) in [6, 6.07) is 5.01. The van der Waals surface area contributed by atoms with Gasteiger partial charge in [-0.2, -0.15) is 5.10 Å². The fourth-order valence-electron chi connectivity index (χ4n) is 1.99. The highest BCUT2D eigenvalue weighted by atomic mass is 35.5. The number of hydrogen-bond acceptors (Lipinski definition) is 4. The summed E-state index contributed by atoms with van der Waals surface area (Å²) in [4.78, 5) is 24.2. The first-order chi connectivity index (χ1) is 11.3. The number of carbonyl (C=O) groups excluding carboxylic acids is 2. The number of aromatic nitrogens is 2. The lowest BCUT2D eigenvalue weighted by Gasteiger charge is -2.16. The highest BCUT2D eigenvalue weighted by Gasteiger charge is 2.22. The Morgan fingerprint density at radius 2 is 2.00 bits per heavy atom. The van der Waals surface area contributed by atoms with Crippen LogP contribution in [0.2, 0.25) is 5.02 Å². The van der Waals surface area contributed by atoms with Crippen LogP contribution in [0.3, 0.4) is 0 Å². The van der Waals surface area contributed by atoms with Crippen molar-refractivity contribution < 1.29 is 18.7 Å². The number of halogens is 2. The van der Waals surface area contributed by atoms with Crippen molar-refractivity contribution in [2.24, 2.45) is 0 Å². The summed E-state index contributed by atoms with van der Waals surface area (Å²) < 4.78 is 19.7. The van der Waals surface area contributed by atoms with E-state index in [0.717, 1.165) is 12.1 Å². The number of carbonyl (C=O) groups is 2. The Bertz CT molecular complexity index is 761. The van der Waals surface area contributed by atoms with Gasteiger partial charge in [0.25, 0.3) is 5.91 Å². The molecule has 1 aromatic heterocycles. The van der Waals surface area contributed by atoms with Gasteiger partial charge in [0.1, 0.15) is 11.6 Å². The quantitative estimate of drug-likeness (QED) is 0.836. The van der Waals surface area contributed by atoms with Gasteiger partial charge < -0.3 is 10.1 Å². The molecule has 0 bridgehead atoms. The van der Waals surface area contributed by atoms with Crippen LogP contribution in [0.15, 0.2) is 30.5 Å². The molecule has 0 aliphatic carbocycles. The van der Waals surface area contributed by atoms with E-state index in [1.165, 1.54) is 13.0 Å². The number of hydrogen-bond donors (Lipinski definition) is 1. The second kappa shape index (κ2) is 7.44. The molecule has 6 nitrogen and oxygen atoms in total. The molecule has 128 valence electrons. The van der Waals surface area contributed by atoms with Crippen molar-refractivity contribution in [2.75, 3.05) is 5.32 Å². The first-order valence-corrected chi connectivity index (χ1v) is 7.67. The Kier molecular flexibility index (Phi) is 5.56. The van der Waals surface area contributed by atoms with Crippen LogP contribution in [0.4, 0.5) is 10.2 Å². The molecular formula is C16H17ClFN3O3. The number of nitrogens with one attached hydrogen (secondary N) is 1. The number of ether oxygens (including phenoxy) is 1. The van der Waals surface area contributed by atoms with E-state index in [-0.39, 0.29) is 16.6 Å². The molecule has 1 N–H and O–H groups in total. The lowest BCUT2D eigenvalue weighted by atomic mass is 10.2. The van der Waals surface area contributed by atoms with E-state index in [1.807, 2.05) is 13.8 Å². The smallest absolute Gasteiger partial charge is 0.340 e. The largest absolute Gasteiger partial charge is 0.449 e. The minimum atomic E-state index is -1.06. The third kappa shape index (κ3) is 4.11. The lowest BCUT2D eigenvalue weighted by Crippen LogP contribution is -2.31. The van der Waals surface area contributed by atoms with Crippen LogP contribution in [0.1, 0.15) is 37.2 Å². The van der Waals surface area contributed by atoms with Crippen molar-refractivity contribution >= 4 is 29.3 Å². The van der Waals surface area contributed by atoms with Gasteiger partial charge in [0.2, 0.25) is 0 Å². The fraction of sp³-hybridized carbons (Fsp3) is 0.312. The highest BCUT2D eigenvalue weighted by molar-refractivity contribution is 6.33. The van der Waals surface area contributed by atoms with Gasteiger partial charge in [0.15, 0.2) is 6.10 Å². The fourth-order valence-corrected chi connectivity index (χ4v) is 2.23. The first kappa shape index (κ1) is 17.9. The van der Waals surface area contributed by atoms with Crippen LogP contribution in [-0.2, 0) is 9.53 Å². The van der Waals surface area contributed by atoms with Gasteiger partial charge in [-0.25, -0.2) is 13.9 Å². The molecule has 0 saturated carbocycles. The number of benzene rings is 1. The van der Waals surface area contributed by atoms with Gasteiger partial charge >= 0.3 is 5.97 Å². The Morgan fingerprint density at radius 1 is 1.29 bits per heavy atom. The van der Waals surface area contributed by atoms with Gasteiger partial charge in [-0.3, -0.25) is 4.79 Å². The van der Waals surface area contributed by atoms with E-state index in [2.05, 4.69) is 10.4 Å². The molecule has 1 heterocycles. The number of nitrogens with zero attached hydrogens (tertiary/aromatic N) is 2. The van der Waals surface area contributed by atoms with Crippen molar-refractivity contribution in [3.8, 4) is 0 Å². The number of rotatable bonds is 5. The molecule has 2 aromatic rings. The topological polar surface area (TPSA) is 73.2 Å². The Morgan fingerprint density at radius 3 is 2.62 bits per heavy atom. The van der Waals surface area contributed by atoms with Crippen molar-refractivity contribution in [3.05, 3.63) is 46.9 Å². The molecular weight excluding hydrogens is 337 g/mol. The minimum Gasteiger partial charge on any atom is -0.449 e. The predicted octanol–water partition coefficient (Wildman–Crippen LogP) is 3.44. The maximum absolute atomic E-state index is 13.0. The second-order valence-electron chi connectivity index (χ2n) is 5.42. The van der Waals surface area contributed by atoms with Gasteiger partial charge in [-0.05, 0) is 39.0 Å². The third-order valence-corrected chi connectivity index (χ3v) is 3.53. The van der Waals surface area contributed by atoms with E-state index < -0.39 is 23.8 Å². The zero-order chi connectivity index (χ0) is 17.9. The Labute approximate surface area is 143 Å². The maximum Gasteiger partial charge on any atom is 0.340 e. The zero-order valence-corrected chi connectivity index (χ0v) is 14.2. The molecule has 1 atom stereocenters.